The second-order valence-corrected chi connectivity index (χ2v) is 3.27. The molecule has 5 heteroatoms. The number of hydrogen-bond donors (Lipinski definition) is 1. The number of rotatable bonds is 1. The summed E-state index contributed by atoms with van der Waals surface area (Å²) in [6.45, 7) is 2.02. The molecule has 2 heterocycles. The van der Waals surface area contributed by atoms with E-state index in [1.165, 1.54) is 0 Å². The van der Waals surface area contributed by atoms with Crippen LogP contribution in [0.1, 0.15) is 6.92 Å². The van der Waals surface area contributed by atoms with E-state index in [1.807, 2.05) is 0 Å². The van der Waals surface area contributed by atoms with Crippen molar-refractivity contribution in [1.82, 2.24) is 0 Å². The predicted molar refractivity (Wildman–Crippen MR) is 42.0 cm³/mol. The van der Waals surface area contributed by atoms with Crippen molar-refractivity contribution in [2.45, 2.75) is 37.8 Å². The van der Waals surface area contributed by atoms with Gasteiger partial charge in [0.2, 0.25) is 0 Å². The van der Waals surface area contributed by atoms with Gasteiger partial charge in [-0.15, -0.1) is 0 Å². The van der Waals surface area contributed by atoms with E-state index in [-0.39, 0.29) is 25.1 Å². The summed E-state index contributed by atoms with van der Waals surface area (Å²) in [5.74, 6) is 0. The SMILES string of the molecule is COC1OCC(O)C2OC(C)OC12. The molecule has 0 saturated carbocycles. The number of fused-ring (bicyclic) bond motifs is 1. The molecule has 2 rings (SSSR count). The van der Waals surface area contributed by atoms with Gasteiger partial charge < -0.3 is 24.1 Å². The zero-order chi connectivity index (χ0) is 9.42. The van der Waals surface area contributed by atoms with Gasteiger partial charge in [0.25, 0.3) is 0 Å². The van der Waals surface area contributed by atoms with Crippen LogP contribution in [-0.4, -0.2) is 49.7 Å². The fourth-order valence-electron chi connectivity index (χ4n) is 1.74. The maximum atomic E-state index is 9.52. The molecule has 0 aliphatic carbocycles. The first-order chi connectivity index (χ1) is 6.22. The Balaban J connectivity index is 2.08. The number of methoxy groups -OCH3 is 1. The fraction of sp³-hybridized carbons (Fsp3) is 1.00. The Morgan fingerprint density at radius 1 is 1.31 bits per heavy atom. The average molecular weight is 190 g/mol. The lowest BCUT2D eigenvalue weighted by atomic mass is 10.1. The van der Waals surface area contributed by atoms with E-state index in [1.54, 1.807) is 14.0 Å². The van der Waals surface area contributed by atoms with E-state index >= 15 is 0 Å². The summed E-state index contributed by atoms with van der Waals surface area (Å²) in [5.41, 5.74) is 0. The van der Waals surface area contributed by atoms with Crippen molar-refractivity contribution in [2.24, 2.45) is 0 Å². The smallest absolute Gasteiger partial charge is 0.186 e. The zero-order valence-corrected chi connectivity index (χ0v) is 7.67. The Kier molecular flexibility index (Phi) is 2.53. The first-order valence-corrected chi connectivity index (χ1v) is 4.35. The summed E-state index contributed by atoms with van der Waals surface area (Å²) >= 11 is 0. The lowest BCUT2D eigenvalue weighted by Gasteiger charge is -2.33. The van der Waals surface area contributed by atoms with Crippen molar-refractivity contribution < 1.29 is 24.1 Å². The Labute approximate surface area is 76.5 Å². The van der Waals surface area contributed by atoms with Gasteiger partial charge in [-0.25, -0.2) is 0 Å². The van der Waals surface area contributed by atoms with Crippen LogP contribution in [0, 0.1) is 0 Å². The molecule has 0 bridgehead atoms. The van der Waals surface area contributed by atoms with Gasteiger partial charge >= 0.3 is 0 Å². The van der Waals surface area contributed by atoms with E-state index in [0.717, 1.165) is 0 Å². The molecule has 0 amide bonds. The molecule has 5 atom stereocenters. The maximum absolute atomic E-state index is 9.52. The first kappa shape index (κ1) is 9.36. The van der Waals surface area contributed by atoms with Crippen LogP contribution >= 0.6 is 0 Å². The van der Waals surface area contributed by atoms with Gasteiger partial charge in [-0.1, -0.05) is 0 Å². The third-order valence-electron chi connectivity index (χ3n) is 2.33. The highest BCUT2D eigenvalue weighted by atomic mass is 16.8. The molecule has 0 aromatic carbocycles. The molecule has 5 nitrogen and oxygen atoms in total. The quantitative estimate of drug-likeness (QED) is 0.603. The highest BCUT2D eigenvalue weighted by Gasteiger charge is 2.47. The third kappa shape index (κ3) is 1.58. The van der Waals surface area contributed by atoms with Gasteiger partial charge in [-0.2, -0.15) is 0 Å². The molecule has 5 unspecified atom stereocenters. The van der Waals surface area contributed by atoms with E-state index in [0.29, 0.717) is 0 Å². The minimum atomic E-state index is -0.624. The van der Waals surface area contributed by atoms with Crippen LogP contribution in [0.3, 0.4) is 0 Å². The van der Waals surface area contributed by atoms with Gasteiger partial charge in [0.05, 0.1) is 6.61 Å². The first-order valence-electron chi connectivity index (χ1n) is 4.35. The Hall–Kier alpha value is -0.200. The molecule has 2 saturated heterocycles. The Morgan fingerprint density at radius 2 is 2.00 bits per heavy atom. The number of hydrogen-bond acceptors (Lipinski definition) is 5. The Morgan fingerprint density at radius 3 is 2.69 bits per heavy atom. The van der Waals surface area contributed by atoms with Crippen molar-refractivity contribution in [3.05, 3.63) is 0 Å². The highest BCUT2D eigenvalue weighted by Crippen LogP contribution is 2.29. The normalized spacial score (nSPS) is 50.5. The highest BCUT2D eigenvalue weighted by molar-refractivity contribution is 4.88. The molecule has 0 spiro atoms. The molecule has 13 heavy (non-hydrogen) atoms. The molecule has 0 aromatic heterocycles. The van der Waals surface area contributed by atoms with E-state index in [4.69, 9.17) is 18.9 Å². The largest absolute Gasteiger partial charge is 0.388 e. The van der Waals surface area contributed by atoms with Gasteiger partial charge in [-0.3, -0.25) is 0 Å². The van der Waals surface area contributed by atoms with Crippen LogP contribution in [0.4, 0.5) is 0 Å². The molecule has 2 fully saturated rings. The minimum Gasteiger partial charge on any atom is -0.388 e. The van der Waals surface area contributed by atoms with Crippen molar-refractivity contribution in [1.29, 1.82) is 0 Å². The van der Waals surface area contributed by atoms with Crippen molar-refractivity contribution in [2.75, 3.05) is 13.7 Å². The Bertz CT molecular complexity index is 185. The molecule has 2 aliphatic heterocycles. The third-order valence-corrected chi connectivity index (χ3v) is 2.33. The van der Waals surface area contributed by atoms with Crippen LogP contribution in [-0.2, 0) is 18.9 Å². The molecular formula is C8H14O5. The lowest BCUT2D eigenvalue weighted by molar-refractivity contribution is -0.234. The minimum absolute atomic E-state index is 0.232. The van der Waals surface area contributed by atoms with Crippen LogP contribution in [0.5, 0.6) is 0 Å². The van der Waals surface area contributed by atoms with Crippen LogP contribution in [0.2, 0.25) is 0 Å². The van der Waals surface area contributed by atoms with Crippen LogP contribution < -0.4 is 0 Å². The van der Waals surface area contributed by atoms with Gasteiger partial charge in [-0.05, 0) is 6.92 Å². The molecule has 0 aromatic rings. The summed E-state index contributed by atoms with van der Waals surface area (Å²) in [5, 5.41) is 9.52. The van der Waals surface area contributed by atoms with E-state index in [9.17, 15) is 5.11 Å². The summed E-state index contributed by atoms with van der Waals surface area (Å²) in [4.78, 5) is 0. The number of aliphatic hydroxyl groups is 1. The second kappa shape index (κ2) is 3.51. The topological polar surface area (TPSA) is 57.2 Å². The molecular weight excluding hydrogens is 176 g/mol. The number of aliphatic hydroxyl groups excluding tert-OH is 1. The van der Waals surface area contributed by atoms with Gasteiger partial charge in [0, 0.05) is 7.11 Å². The van der Waals surface area contributed by atoms with Crippen LogP contribution in [0.25, 0.3) is 0 Å². The van der Waals surface area contributed by atoms with Crippen molar-refractivity contribution in [3.8, 4) is 0 Å². The van der Waals surface area contributed by atoms with Gasteiger partial charge in [0.1, 0.15) is 18.3 Å². The van der Waals surface area contributed by atoms with Crippen molar-refractivity contribution >= 4 is 0 Å². The summed E-state index contributed by atoms with van der Waals surface area (Å²) in [6.07, 6.45) is -2.00. The molecule has 0 radical (unpaired) electrons. The van der Waals surface area contributed by atoms with Crippen LogP contribution in [0.15, 0.2) is 0 Å². The molecule has 2 aliphatic rings. The lowest BCUT2D eigenvalue weighted by Crippen LogP contribution is -2.51. The number of ether oxygens (including phenoxy) is 4. The second-order valence-electron chi connectivity index (χ2n) is 3.27. The summed E-state index contributed by atoms with van der Waals surface area (Å²) in [7, 11) is 1.55. The molecule has 76 valence electrons. The molecule has 1 N–H and O–H groups in total. The predicted octanol–water partition coefficient (Wildman–Crippen LogP) is -0.520. The van der Waals surface area contributed by atoms with E-state index in [2.05, 4.69) is 0 Å². The monoisotopic (exact) mass is 190 g/mol. The standard InChI is InChI=1S/C8H14O5/c1-4-12-6-5(9)3-11-8(10-2)7(6)13-4/h4-9H,3H2,1-2H3. The van der Waals surface area contributed by atoms with Crippen molar-refractivity contribution in [3.63, 3.8) is 0 Å². The average Bonchev–Trinajstić information content (AvgIpc) is 2.48. The summed E-state index contributed by atoms with van der Waals surface area (Å²) < 4.78 is 21.1. The van der Waals surface area contributed by atoms with Gasteiger partial charge in [0.15, 0.2) is 12.6 Å². The summed E-state index contributed by atoms with van der Waals surface area (Å²) in [6, 6.07) is 0. The van der Waals surface area contributed by atoms with E-state index < -0.39 is 12.4 Å². The maximum Gasteiger partial charge on any atom is 0.186 e. The zero-order valence-electron chi connectivity index (χ0n) is 7.67. The fourth-order valence-corrected chi connectivity index (χ4v) is 1.74.